The molecule has 13 unspecified atom stereocenters. The second-order valence-corrected chi connectivity index (χ2v) is 19.6. The van der Waals surface area contributed by atoms with Crippen molar-refractivity contribution in [3.63, 3.8) is 0 Å². The molecule has 5 saturated carbocycles. The minimum absolute atomic E-state index is 0.0287. The summed E-state index contributed by atoms with van der Waals surface area (Å²) in [6, 6.07) is 0. The fourth-order valence-electron chi connectivity index (χ4n) is 13.7. The quantitative estimate of drug-likeness (QED) is 0.0523. The van der Waals surface area contributed by atoms with Crippen LogP contribution in [0.5, 0.6) is 0 Å². The van der Waals surface area contributed by atoms with Crippen molar-refractivity contribution in [2.45, 2.75) is 169 Å². The zero-order chi connectivity index (χ0) is 41.3. The Morgan fingerprint density at radius 1 is 0.895 bits per heavy atom. The van der Waals surface area contributed by atoms with Crippen LogP contribution in [0.3, 0.4) is 0 Å². The van der Waals surface area contributed by atoms with Gasteiger partial charge in [-0.3, -0.25) is 28.8 Å². The van der Waals surface area contributed by atoms with E-state index >= 15 is 0 Å². The number of aliphatic carboxylic acids is 2. The van der Waals surface area contributed by atoms with Crippen molar-refractivity contribution in [1.82, 2.24) is 0 Å². The summed E-state index contributed by atoms with van der Waals surface area (Å²) in [5.74, 6) is -5.64. The summed E-state index contributed by atoms with van der Waals surface area (Å²) >= 11 is 0. The van der Waals surface area contributed by atoms with Crippen LogP contribution in [-0.2, 0) is 43.0 Å². The number of allylic oxidation sites excluding steroid dienone is 1. The Morgan fingerprint density at radius 2 is 1.63 bits per heavy atom. The van der Waals surface area contributed by atoms with E-state index in [1.165, 1.54) is 0 Å². The zero-order valence-corrected chi connectivity index (χ0v) is 35.0. The molecule has 1 spiro atoms. The largest absolute Gasteiger partial charge is 0.481 e. The first-order valence-electron chi connectivity index (χ1n) is 22.4. The molecule has 0 amide bonds. The van der Waals surface area contributed by atoms with Gasteiger partial charge in [-0.15, -0.1) is 0 Å². The number of carboxylic acids is 2. The number of ether oxygens (including phenoxy) is 3. The zero-order valence-electron chi connectivity index (χ0n) is 35.0. The molecule has 318 valence electrons. The third-order valence-electron chi connectivity index (χ3n) is 16.2. The van der Waals surface area contributed by atoms with Gasteiger partial charge >= 0.3 is 35.8 Å². The molecular formula is C46H68O11. The van der Waals surface area contributed by atoms with E-state index in [1.807, 2.05) is 6.92 Å². The van der Waals surface area contributed by atoms with Crippen molar-refractivity contribution in [1.29, 1.82) is 0 Å². The second kappa shape index (κ2) is 17.6. The third kappa shape index (κ3) is 8.13. The molecule has 7 fully saturated rings. The van der Waals surface area contributed by atoms with Gasteiger partial charge in [0.1, 0.15) is 0 Å². The highest BCUT2D eigenvalue weighted by atomic mass is 16.6. The molecule has 11 heteroatoms. The molecule has 0 aromatic heterocycles. The SMILES string of the molecule is CCCCC/C=C/C(CC(CCCCCCCC(=O)O)C1CC(=O)OC1=O)OC1C(C(C)C)C2CC3C4(C)CCCC(C)(C(=O)O)C4CCC13C1C(=O)OC(=O)C21. The van der Waals surface area contributed by atoms with Crippen molar-refractivity contribution >= 4 is 35.8 Å². The van der Waals surface area contributed by atoms with Crippen LogP contribution in [0, 0.1) is 69.5 Å². The lowest BCUT2D eigenvalue weighted by Crippen LogP contribution is -2.73. The van der Waals surface area contributed by atoms with Gasteiger partial charge in [0, 0.05) is 11.8 Å². The Balaban J connectivity index is 1.36. The number of fused-ring (bicyclic) bond motifs is 2. The standard InChI is InChI=1S/C46H68O11/c1-6-7-8-10-14-18-29(24-28(30-26-35(49)56-40(30)50)17-13-11-9-12-15-19-34(47)48)55-39-36(27(2)3)31-25-33-44(4)21-16-22-45(5,43(53)54)32(44)20-23-46(33,39)38-37(31)41(51)57-42(38)52/h14,18,27-33,36-39H,6-13,15-17,19-26H2,1-5H3,(H,47,48)(H,53,54)/b18-14+. The van der Waals surface area contributed by atoms with Gasteiger partial charge in [0.05, 0.1) is 41.8 Å². The number of cyclic esters (lactones) is 4. The molecule has 2 heterocycles. The summed E-state index contributed by atoms with van der Waals surface area (Å²) in [4.78, 5) is 77.4. The molecular weight excluding hydrogens is 728 g/mol. The smallest absolute Gasteiger partial charge is 0.318 e. The Bertz CT molecular complexity index is 1570. The average Bonchev–Trinajstić information content (AvgIpc) is 3.66. The molecule has 0 aromatic carbocycles. The van der Waals surface area contributed by atoms with Crippen molar-refractivity contribution < 1.29 is 53.2 Å². The molecule has 57 heavy (non-hydrogen) atoms. The number of unbranched alkanes of at least 4 members (excludes halogenated alkanes) is 7. The highest BCUT2D eigenvalue weighted by Gasteiger charge is 2.78. The molecule has 0 aromatic rings. The third-order valence-corrected chi connectivity index (χ3v) is 16.2. The molecule has 2 aliphatic heterocycles. The molecule has 13 atom stereocenters. The predicted octanol–water partition coefficient (Wildman–Crippen LogP) is 8.70. The van der Waals surface area contributed by atoms with E-state index in [4.69, 9.17) is 19.3 Å². The lowest BCUT2D eigenvalue weighted by molar-refractivity contribution is -0.293. The molecule has 7 rings (SSSR count). The number of esters is 4. The summed E-state index contributed by atoms with van der Waals surface area (Å²) < 4.78 is 18.3. The summed E-state index contributed by atoms with van der Waals surface area (Å²) in [7, 11) is 0. The molecule has 11 nitrogen and oxygen atoms in total. The predicted molar refractivity (Wildman–Crippen MR) is 210 cm³/mol. The number of hydrogen-bond acceptors (Lipinski definition) is 9. The van der Waals surface area contributed by atoms with E-state index in [9.17, 15) is 33.9 Å². The lowest BCUT2D eigenvalue weighted by atomic mass is 9.31. The maximum Gasteiger partial charge on any atom is 0.318 e. The number of carboxylic acid groups (broad SMARTS) is 2. The Hall–Kier alpha value is -3.08. The van der Waals surface area contributed by atoms with Gasteiger partial charge in [-0.25, -0.2) is 0 Å². The van der Waals surface area contributed by atoms with Crippen LogP contribution < -0.4 is 0 Å². The van der Waals surface area contributed by atoms with E-state index in [2.05, 4.69) is 39.8 Å². The maximum atomic E-state index is 14.1. The van der Waals surface area contributed by atoms with Gasteiger partial charge < -0.3 is 24.4 Å². The topological polar surface area (TPSA) is 171 Å². The summed E-state index contributed by atoms with van der Waals surface area (Å²) in [5.41, 5.74) is -2.00. The van der Waals surface area contributed by atoms with Gasteiger partial charge in [0.25, 0.3) is 0 Å². The molecule has 2 bridgehead atoms. The molecule has 2 N–H and O–H groups in total. The molecule has 2 saturated heterocycles. The van der Waals surface area contributed by atoms with Crippen molar-refractivity contribution in [2.75, 3.05) is 0 Å². The van der Waals surface area contributed by atoms with E-state index in [-0.39, 0.29) is 53.8 Å². The van der Waals surface area contributed by atoms with E-state index in [0.29, 0.717) is 38.5 Å². The Morgan fingerprint density at radius 3 is 2.30 bits per heavy atom. The van der Waals surface area contributed by atoms with Crippen LogP contribution in [0.1, 0.15) is 157 Å². The molecule has 0 radical (unpaired) electrons. The van der Waals surface area contributed by atoms with Crippen LogP contribution in [0.25, 0.3) is 0 Å². The van der Waals surface area contributed by atoms with Gasteiger partial charge in [0.15, 0.2) is 0 Å². The summed E-state index contributed by atoms with van der Waals surface area (Å²) in [6.45, 7) is 10.7. The van der Waals surface area contributed by atoms with Gasteiger partial charge in [-0.2, -0.15) is 0 Å². The minimum atomic E-state index is -0.884. The molecule has 5 aliphatic carbocycles. The van der Waals surface area contributed by atoms with Gasteiger partial charge in [-0.05, 0) is 112 Å². The Kier molecular flexibility index (Phi) is 13.5. The highest BCUT2D eigenvalue weighted by Crippen LogP contribution is 2.76. The minimum Gasteiger partial charge on any atom is -0.481 e. The second-order valence-electron chi connectivity index (χ2n) is 19.6. The van der Waals surface area contributed by atoms with Gasteiger partial charge in [0.2, 0.25) is 0 Å². The molecule has 7 aliphatic rings. The average molecular weight is 797 g/mol. The van der Waals surface area contributed by atoms with Crippen molar-refractivity contribution in [3.05, 3.63) is 12.2 Å². The Labute approximate surface area is 338 Å². The normalized spacial score (nSPS) is 38.1. The summed E-state index contributed by atoms with van der Waals surface area (Å²) in [5, 5.41) is 19.7. The number of carbonyl (C=O) groups is 6. The monoisotopic (exact) mass is 796 g/mol. The van der Waals surface area contributed by atoms with Crippen LogP contribution in [0.4, 0.5) is 0 Å². The van der Waals surface area contributed by atoms with Crippen molar-refractivity contribution in [2.24, 2.45) is 69.5 Å². The van der Waals surface area contributed by atoms with Crippen LogP contribution in [0.2, 0.25) is 0 Å². The number of carbonyl (C=O) groups excluding carboxylic acids is 4. The number of rotatable bonds is 20. The highest BCUT2D eigenvalue weighted by molar-refractivity contribution is 5.98. The number of hydrogen-bond donors (Lipinski definition) is 2. The van der Waals surface area contributed by atoms with Crippen LogP contribution in [-0.4, -0.2) is 58.2 Å². The van der Waals surface area contributed by atoms with E-state index < -0.39 is 76.6 Å². The first-order valence-corrected chi connectivity index (χ1v) is 22.4. The summed E-state index contributed by atoms with van der Waals surface area (Å²) in [6.07, 6.45) is 17.1. The first-order chi connectivity index (χ1) is 27.1. The van der Waals surface area contributed by atoms with E-state index in [1.54, 1.807) is 0 Å². The van der Waals surface area contributed by atoms with Gasteiger partial charge in [-0.1, -0.05) is 84.8 Å². The lowest BCUT2D eigenvalue weighted by Gasteiger charge is -2.72. The van der Waals surface area contributed by atoms with E-state index in [0.717, 1.165) is 70.6 Å². The maximum absolute atomic E-state index is 14.1. The van der Waals surface area contributed by atoms with Crippen LogP contribution >= 0.6 is 0 Å². The van der Waals surface area contributed by atoms with Crippen molar-refractivity contribution in [3.8, 4) is 0 Å². The fraction of sp³-hybridized carbons (Fsp3) is 0.826. The first kappa shape index (κ1) is 43.5. The van der Waals surface area contributed by atoms with Crippen LogP contribution in [0.15, 0.2) is 12.2 Å². The fourth-order valence-corrected chi connectivity index (χ4v) is 13.7.